The highest BCUT2D eigenvalue weighted by molar-refractivity contribution is 5.42. The van der Waals surface area contributed by atoms with Gasteiger partial charge in [-0.1, -0.05) is 78.4 Å². The first-order valence-corrected chi connectivity index (χ1v) is 11.4. The van der Waals surface area contributed by atoms with Gasteiger partial charge in [0.05, 0.1) is 6.10 Å². The van der Waals surface area contributed by atoms with Gasteiger partial charge < -0.3 is 10.2 Å². The number of rotatable bonds is 10. The summed E-state index contributed by atoms with van der Waals surface area (Å²) in [5, 5.41) is 21.1. The average Bonchev–Trinajstić information content (AvgIpc) is 2.64. The molecule has 1 aliphatic carbocycles. The van der Waals surface area contributed by atoms with E-state index in [0.29, 0.717) is 17.6 Å². The molecule has 2 heteroatoms. The Hall–Kier alpha value is -1.02. The average molecular weight is 375 g/mol. The van der Waals surface area contributed by atoms with E-state index in [1.807, 2.05) is 6.07 Å². The van der Waals surface area contributed by atoms with Crippen LogP contribution in [0.5, 0.6) is 5.75 Å². The van der Waals surface area contributed by atoms with Gasteiger partial charge in [-0.3, -0.25) is 0 Å². The predicted molar refractivity (Wildman–Crippen MR) is 116 cm³/mol. The molecule has 0 aliphatic heterocycles. The molecule has 154 valence electrons. The summed E-state index contributed by atoms with van der Waals surface area (Å²) in [7, 11) is 0. The van der Waals surface area contributed by atoms with Gasteiger partial charge in [0.2, 0.25) is 0 Å². The lowest BCUT2D eigenvalue weighted by atomic mass is 9.71. The van der Waals surface area contributed by atoms with E-state index >= 15 is 0 Å². The molecule has 2 N–H and O–H groups in total. The Bertz CT molecular complexity index is 561. The summed E-state index contributed by atoms with van der Waals surface area (Å²) in [6, 6.07) is 6.39. The van der Waals surface area contributed by atoms with Gasteiger partial charge in [0.25, 0.3) is 0 Å². The molecule has 3 atom stereocenters. The maximum atomic E-state index is 10.9. The van der Waals surface area contributed by atoms with Crippen LogP contribution in [0.2, 0.25) is 0 Å². The molecule has 0 saturated heterocycles. The Morgan fingerprint density at radius 3 is 2.41 bits per heavy atom. The molecule has 1 fully saturated rings. The second-order valence-electron chi connectivity index (χ2n) is 9.44. The molecule has 2 rings (SSSR count). The van der Waals surface area contributed by atoms with Crippen molar-refractivity contribution in [3.8, 4) is 5.75 Å². The third kappa shape index (κ3) is 6.24. The molecule has 1 aromatic carbocycles. The van der Waals surface area contributed by atoms with Crippen LogP contribution in [0.25, 0.3) is 0 Å². The van der Waals surface area contributed by atoms with Crippen molar-refractivity contribution >= 4 is 0 Å². The first kappa shape index (κ1) is 22.3. The van der Waals surface area contributed by atoms with Crippen LogP contribution in [0.4, 0.5) is 0 Å². The first-order valence-electron chi connectivity index (χ1n) is 11.4. The maximum absolute atomic E-state index is 10.9. The van der Waals surface area contributed by atoms with E-state index < -0.39 is 0 Å². The lowest BCUT2D eigenvalue weighted by Crippen LogP contribution is -2.26. The smallest absolute Gasteiger partial charge is 0.119 e. The normalized spacial score (nSPS) is 23.5. The largest absolute Gasteiger partial charge is 0.508 e. The van der Waals surface area contributed by atoms with Crippen molar-refractivity contribution in [3.05, 3.63) is 29.3 Å². The first-order chi connectivity index (χ1) is 12.9. The monoisotopic (exact) mass is 374 g/mol. The molecule has 0 amide bonds. The lowest BCUT2D eigenvalue weighted by Gasteiger charge is -2.35. The molecule has 0 spiro atoms. The SMILES string of the molecule is CCCCCCC(C)(C)c1ccc([C@H]2C[C@@H](O)CC[C@@H]2CCCC)c(O)c1. The van der Waals surface area contributed by atoms with E-state index in [2.05, 4.69) is 39.8 Å². The summed E-state index contributed by atoms with van der Waals surface area (Å²) in [6.07, 6.45) is 12.5. The standard InChI is InChI=1S/C25H42O2/c1-5-7-9-10-16-25(3,4)20-13-15-22(24(27)17-20)23-18-21(26)14-12-19(23)11-8-6-2/h13,15,17,19,21,23,26-27H,5-12,14,16,18H2,1-4H3/t19-,21-,23-/m0/s1. The molecular weight excluding hydrogens is 332 g/mol. The van der Waals surface area contributed by atoms with Gasteiger partial charge in [-0.05, 0) is 66.5 Å². The third-order valence-corrected chi connectivity index (χ3v) is 6.76. The molecule has 0 bridgehead atoms. The molecule has 0 radical (unpaired) electrons. The van der Waals surface area contributed by atoms with E-state index in [-0.39, 0.29) is 11.5 Å². The number of aliphatic hydroxyl groups is 1. The van der Waals surface area contributed by atoms with E-state index in [1.165, 1.54) is 50.5 Å². The Morgan fingerprint density at radius 2 is 1.74 bits per heavy atom. The van der Waals surface area contributed by atoms with Crippen LogP contribution < -0.4 is 0 Å². The predicted octanol–water partition coefficient (Wildman–Crippen LogP) is 7.08. The van der Waals surface area contributed by atoms with Crippen molar-refractivity contribution in [2.45, 2.75) is 116 Å². The fourth-order valence-corrected chi connectivity index (χ4v) is 4.82. The van der Waals surface area contributed by atoms with E-state index in [4.69, 9.17) is 0 Å². The second-order valence-corrected chi connectivity index (χ2v) is 9.44. The highest BCUT2D eigenvalue weighted by atomic mass is 16.3. The zero-order valence-corrected chi connectivity index (χ0v) is 18.1. The zero-order chi connectivity index (χ0) is 19.9. The summed E-state index contributed by atoms with van der Waals surface area (Å²) < 4.78 is 0. The summed E-state index contributed by atoms with van der Waals surface area (Å²) in [6.45, 7) is 9.07. The van der Waals surface area contributed by atoms with Crippen molar-refractivity contribution in [1.29, 1.82) is 0 Å². The van der Waals surface area contributed by atoms with Gasteiger partial charge in [0.1, 0.15) is 5.75 Å². The Kier molecular flexibility index (Phi) is 8.66. The topological polar surface area (TPSA) is 40.5 Å². The number of phenolic OH excluding ortho intramolecular Hbond substituents is 1. The number of hydrogen-bond donors (Lipinski definition) is 2. The molecule has 0 aromatic heterocycles. The van der Waals surface area contributed by atoms with Crippen molar-refractivity contribution in [1.82, 2.24) is 0 Å². The summed E-state index contributed by atoms with van der Waals surface area (Å²) in [5.74, 6) is 1.32. The van der Waals surface area contributed by atoms with Gasteiger partial charge >= 0.3 is 0 Å². The Balaban J connectivity index is 2.13. The lowest BCUT2D eigenvalue weighted by molar-refractivity contribution is 0.0897. The van der Waals surface area contributed by atoms with E-state index in [1.54, 1.807) is 0 Å². The number of hydrogen-bond acceptors (Lipinski definition) is 2. The maximum Gasteiger partial charge on any atom is 0.119 e. The highest BCUT2D eigenvalue weighted by Crippen LogP contribution is 2.44. The minimum Gasteiger partial charge on any atom is -0.508 e. The summed E-state index contributed by atoms with van der Waals surface area (Å²) in [5.41, 5.74) is 2.39. The highest BCUT2D eigenvalue weighted by Gasteiger charge is 2.32. The van der Waals surface area contributed by atoms with Gasteiger partial charge in [-0.25, -0.2) is 0 Å². The number of phenols is 1. The molecular formula is C25H42O2. The van der Waals surface area contributed by atoms with Crippen LogP contribution in [-0.4, -0.2) is 16.3 Å². The number of aliphatic hydroxyl groups excluding tert-OH is 1. The van der Waals surface area contributed by atoms with Crippen molar-refractivity contribution in [3.63, 3.8) is 0 Å². The van der Waals surface area contributed by atoms with Gasteiger partial charge in [-0.15, -0.1) is 0 Å². The van der Waals surface area contributed by atoms with Crippen molar-refractivity contribution in [2.75, 3.05) is 0 Å². The Labute approximate surface area is 167 Å². The van der Waals surface area contributed by atoms with Gasteiger partial charge in [0.15, 0.2) is 0 Å². The Morgan fingerprint density at radius 1 is 1.00 bits per heavy atom. The van der Waals surface area contributed by atoms with Crippen molar-refractivity contribution < 1.29 is 10.2 Å². The fraction of sp³-hybridized carbons (Fsp3) is 0.760. The fourth-order valence-electron chi connectivity index (χ4n) is 4.82. The van der Waals surface area contributed by atoms with Crippen LogP contribution >= 0.6 is 0 Å². The van der Waals surface area contributed by atoms with Crippen LogP contribution in [0.1, 0.15) is 115 Å². The minimum atomic E-state index is -0.220. The summed E-state index contributed by atoms with van der Waals surface area (Å²) >= 11 is 0. The quantitative estimate of drug-likeness (QED) is 0.430. The van der Waals surface area contributed by atoms with Gasteiger partial charge in [0, 0.05) is 0 Å². The van der Waals surface area contributed by atoms with Crippen LogP contribution in [0.15, 0.2) is 18.2 Å². The van der Waals surface area contributed by atoms with Crippen LogP contribution in [-0.2, 0) is 5.41 Å². The molecule has 0 heterocycles. The number of aromatic hydroxyl groups is 1. The summed E-state index contributed by atoms with van der Waals surface area (Å²) in [4.78, 5) is 0. The number of unbranched alkanes of at least 4 members (excludes halogenated alkanes) is 4. The molecule has 2 nitrogen and oxygen atoms in total. The molecule has 27 heavy (non-hydrogen) atoms. The van der Waals surface area contributed by atoms with E-state index in [0.717, 1.165) is 31.2 Å². The van der Waals surface area contributed by atoms with Gasteiger partial charge in [-0.2, -0.15) is 0 Å². The molecule has 1 aliphatic rings. The van der Waals surface area contributed by atoms with E-state index in [9.17, 15) is 10.2 Å². The molecule has 1 saturated carbocycles. The minimum absolute atomic E-state index is 0.0947. The third-order valence-electron chi connectivity index (χ3n) is 6.76. The van der Waals surface area contributed by atoms with Crippen LogP contribution in [0, 0.1) is 5.92 Å². The molecule has 0 unspecified atom stereocenters. The second kappa shape index (κ2) is 10.5. The zero-order valence-electron chi connectivity index (χ0n) is 18.1. The number of benzene rings is 1. The molecule has 1 aromatic rings. The van der Waals surface area contributed by atoms with Crippen LogP contribution in [0.3, 0.4) is 0 Å². The van der Waals surface area contributed by atoms with Crippen molar-refractivity contribution in [2.24, 2.45) is 5.92 Å².